The first-order chi connectivity index (χ1) is 9.81. The van der Waals surface area contributed by atoms with Crippen molar-refractivity contribution in [2.45, 2.75) is 51.0 Å². The van der Waals surface area contributed by atoms with Gasteiger partial charge in [-0.3, -0.25) is 0 Å². The Morgan fingerprint density at radius 1 is 0.950 bits per heavy atom. The van der Waals surface area contributed by atoms with Crippen LogP contribution in [0.15, 0.2) is 34.3 Å². The van der Waals surface area contributed by atoms with Crippen molar-refractivity contribution < 1.29 is 0 Å². The highest BCUT2D eigenvalue weighted by molar-refractivity contribution is 9.10. The number of halogens is 1. The van der Waals surface area contributed by atoms with E-state index in [-0.39, 0.29) is 0 Å². The molecule has 1 aromatic rings. The molecule has 1 saturated carbocycles. The van der Waals surface area contributed by atoms with Gasteiger partial charge in [-0.15, -0.1) is 0 Å². The van der Waals surface area contributed by atoms with E-state index in [1.54, 1.807) is 5.57 Å². The lowest BCUT2D eigenvalue weighted by Crippen LogP contribution is -2.33. The maximum absolute atomic E-state index is 3.50. The summed E-state index contributed by atoms with van der Waals surface area (Å²) in [6.45, 7) is 2.58. The van der Waals surface area contributed by atoms with Gasteiger partial charge in [0, 0.05) is 17.1 Å². The molecule has 0 radical (unpaired) electrons. The molecule has 20 heavy (non-hydrogen) atoms. The highest BCUT2D eigenvalue weighted by Gasteiger charge is 2.23. The predicted molar refractivity (Wildman–Crippen MR) is 89.8 cm³/mol. The van der Waals surface area contributed by atoms with Gasteiger partial charge in [-0.2, -0.15) is 0 Å². The molecular weight excluding hydrogens is 310 g/mol. The third-order valence-electron chi connectivity index (χ3n) is 4.75. The van der Waals surface area contributed by atoms with Crippen LogP contribution in [-0.4, -0.2) is 24.0 Å². The summed E-state index contributed by atoms with van der Waals surface area (Å²) in [5, 5.41) is 0. The van der Waals surface area contributed by atoms with Crippen LogP contribution < -0.4 is 0 Å². The van der Waals surface area contributed by atoms with E-state index in [0.717, 1.165) is 10.5 Å². The maximum atomic E-state index is 3.50. The number of likely N-dealkylation sites (tertiary alicyclic amines) is 1. The molecule has 2 heteroatoms. The van der Waals surface area contributed by atoms with Crippen LogP contribution in [0.3, 0.4) is 0 Å². The summed E-state index contributed by atoms with van der Waals surface area (Å²) in [4.78, 5) is 2.76. The standard InChI is InChI=1S/C18H24BrN/c19-17-9-7-16(8-10-17)14-15-4-3-12-20(13-11-15)18-5-1-2-6-18/h7-10,14,18H,1-6,11-13H2. The quantitative estimate of drug-likeness (QED) is 0.713. The van der Waals surface area contributed by atoms with Gasteiger partial charge >= 0.3 is 0 Å². The Bertz CT molecular complexity index is 457. The van der Waals surface area contributed by atoms with Crippen molar-refractivity contribution in [3.63, 3.8) is 0 Å². The van der Waals surface area contributed by atoms with Crippen molar-refractivity contribution in [3.8, 4) is 0 Å². The highest BCUT2D eigenvalue weighted by atomic mass is 79.9. The molecule has 1 heterocycles. The van der Waals surface area contributed by atoms with Crippen molar-refractivity contribution in [3.05, 3.63) is 39.9 Å². The monoisotopic (exact) mass is 333 g/mol. The molecule has 3 rings (SSSR count). The summed E-state index contributed by atoms with van der Waals surface area (Å²) in [5.74, 6) is 0. The molecule has 1 nitrogen and oxygen atoms in total. The molecule has 0 bridgehead atoms. The molecule has 0 spiro atoms. The zero-order chi connectivity index (χ0) is 13.8. The summed E-state index contributed by atoms with van der Waals surface area (Å²) in [6, 6.07) is 9.57. The third-order valence-corrected chi connectivity index (χ3v) is 5.27. The van der Waals surface area contributed by atoms with Gasteiger partial charge in [-0.1, -0.05) is 52.6 Å². The summed E-state index contributed by atoms with van der Waals surface area (Å²) in [6.07, 6.45) is 12.0. The molecule has 1 aliphatic carbocycles. The van der Waals surface area contributed by atoms with Crippen LogP contribution in [0.2, 0.25) is 0 Å². The maximum Gasteiger partial charge on any atom is 0.0175 e. The molecule has 2 aliphatic rings. The minimum absolute atomic E-state index is 0.891. The summed E-state index contributed by atoms with van der Waals surface area (Å²) in [7, 11) is 0. The molecular formula is C18H24BrN. The molecule has 1 aliphatic heterocycles. The van der Waals surface area contributed by atoms with Crippen LogP contribution in [0.1, 0.15) is 50.5 Å². The Balaban J connectivity index is 1.62. The van der Waals surface area contributed by atoms with Crippen molar-refractivity contribution >= 4 is 22.0 Å². The van der Waals surface area contributed by atoms with Crippen LogP contribution in [0, 0.1) is 0 Å². The lowest BCUT2D eigenvalue weighted by Gasteiger charge is -2.26. The second kappa shape index (κ2) is 6.91. The summed E-state index contributed by atoms with van der Waals surface area (Å²) in [5.41, 5.74) is 2.98. The van der Waals surface area contributed by atoms with E-state index < -0.39 is 0 Å². The predicted octanol–water partition coefficient (Wildman–Crippen LogP) is 5.26. The lowest BCUT2D eigenvalue weighted by molar-refractivity contribution is 0.208. The van der Waals surface area contributed by atoms with Gasteiger partial charge in [0.2, 0.25) is 0 Å². The molecule has 2 fully saturated rings. The Labute approximate surface area is 131 Å². The van der Waals surface area contributed by atoms with Crippen molar-refractivity contribution in [2.24, 2.45) is 0 Å². The van der Waals surface area contributed by atoms with Gasteiger partial charge in [-0.05, 0) is 56.3 Å². The van der Waals surface area contributed by atoms with Crippen LogP contribution in [0.25, 0.3) is 6.08 Å². The van der Waals surface area contributed by atoms with Gasteiger partial charge in [0.1, 0.15) is 0 Å². The average molecular weight is 334 g/mol. The fourth-order valence-corrected chi connectivity index (χ4v) is 3.87. The Morgan fingerprint density at radius 2 is 1.70 bits per heavy atom. The zero-order valence-corrected chi connectivity index (χ0v) is 13.7. The van der Waals surface area contributed by atoms with Crippen LogP contribution in [0.5, 0.6) is 0 Å². The normalized spacial score (nSPS) is 24.1. The van der Waals surface area contributed by atoms with Gasteiger partial charge in [-0.25, -0.2) is 0 Å². The van der Waals surface area contributed by atoms with E-state index >= 15 is 0 Å². The smallest absolute Gasteiger partial charge is 0.0175 e. The number of hydrogen-bond acceptors (Lipinski definition) is 1. The van der Waals surface area contributed by atoms with Gasteiger partial charge in [0.15, 0.2) is 0 Å². The number of hydrogen-bond donors (Lipinski definition) is 0. The lowest BCUT2D eigenvalue weighted by atomic mass is 10.0. The van der Waals surface area contributed by atoms with Gasteiger partial charge < -0.3 is 4.90 Å². The fraction of sp³-hybridized carbons (Fsp3) is 0.556. The molecule has 0 amide bonds. The molecule has 0 aromatic heterocycles. The fourth-order valence-electron chi connectivity index (χ4n) is 3.61. The number of benzene rings is 1. The Kier molecular flexibility index (Phi) is 4.95. The van der Waals surface area contributed by atoms with Crippen molar-refractivity contribution in [1.29, 1.82) is 0 Å². The van der Waals surface area contributed by atoms with E-state index in [0.29, 0.717) is 0 Å². The van der Waals surface area contributed by atoms with Crippen LogP contribution in [-0.2, 0) is 0 Å². The average Bonchev–Trinajstić information content (AvgIpc) is 2.89. The molecule has 1 aromatic carbocycles. The van der Waals surface area contributed by atoms with E-state index in [4.69, 9.17) is 0 Å². The molecule has 0 unspecified atom stereocenters. The van der Waals surface area contributed by atoms with E-state index in [1.807, 2.05) is 0 Å². The van der Waals surface area contributed by atoms with E-state index in [1.165, 1.54) is 63.6 Å². The Morgan fingerprint density at radius 3 is 2.45 bits per heavy atom. The molecule has 0 N–H and O–H groups in total. The minimum atomic E-state index is 0.891. The van der Waals surface area contributed by atoms with Crippen molar-refractivity contribution in [1.82, 2.24) is 4.90 Å². The second-order valence-electron chi connectivity index (χ2n) is 6.18. The number of nitrogens with zero attached hydrogens (tertiary/aromatic N) is 1. The molecule has 108 valence electrons. The van der Waals surface area contributed by atoms with E-state index in [9.17, 15) is 0 Å². The van der Waals surface area contributed by atoms with E-state index in [2.05, 4.69) is 51.2 Å². The minimum Gasteiger partial charge on any atom is -0.300 e. The first-order valence-corrected chi connectivity index (χ1v) is 8.79. The largest absolute Gasteiger partial charge is 0.300 e. The second-order valence-corrected chi connectivity index (χ2v) is 7.10. The van der Waals surface area contributed by atoms with Gasteiger partial charge in [0.05, 0.1) is 0 Å². The first kappa shape index (κ1) is 14.3. The molecule has 1 saturated heterocycles. The Hall–Kier alpha value is -0.600. The van der Waals surface area contributed by atoms with Crippen molar-refractivity contribution in [2.75, 3.05) is 13.1 Å². The van der Waals surface area contributed by atoms with Crippen LogP contribution in [0.4, 0.5) is 0 Å². The summed E-state index contributed by atoms with van der Waals surface area (Å²) < 4.78 is 1.16. The zero-order valence-electron chi connectivity index (χ0n) is 12.2. The molecule has 0 atom stereocenters. The third kappa shape index (κ3) is 3.73. The van der Waals surface area contributed by atoms with Crippen LogP contribution >= 0.6 is 15.9 Å². The summed E-state index contributed by atoms with van der Waals surface area (Å²) >= 11 is 3.50. The highest BCUT2D eigenvalue weighted by Crippen LogP contribution is 2.27. The first-order valence-electron chi connectivity index (χ1n) is 8.00. The SMILES string of the molecule is Brc1ccc(C=C2CCCN(C3CCCC3)CC2)cc1. The van der Waals surface area contributed by atoms with Gasteiger partial charge in [0.25, 0.3) is 0 Å². The topological polar surface area (TPSA) is 3.24 Å². The number of rotatable bonds is 2.